The number of carbonyl (C=O) groups is 2. The third-order valence-corrected chi connectivity index (χ3v) is 1.42. The van der Waals surface area contributed by atoms with Crippen LogP contribution in [0.25, 0.3) is 0 Å². The molecule has 1 aliphatic rings. The average molecular weight is 152 g/mol. The molecule has 0 aromatic carbocycles. The van der Waals surface area contributed by atoms with E-state index in [0.717, 1.165) is 4.57 Å². The van der Waals surface area contributed by atoms with Crippen LogP contribution in [0.3, 0.4) is 0 Å². The summed E-state index contributed by atoms with van der Waals surface area (Å²) in [5, 5.41) is 9.27. The third kappa shape index (κ3) is 0.721. The average Bonchev–Trinajstić information content (AvgIpc) is 2.45. The molecule has 1 amide bonds. The molecule has 6 nitrogen and oxygen atoms in total. The van der Waals surface area contributed by atoms with E-state index in [4.69, 9.17) is 0 Å². The Kier molecular flexibility index (Phi) is 1.03. The molecule has 56 valence electrons. The molecule has 6 heteroatoms. The van der Waals surface area contributed by atoms with Crippen molar-refractivity contribution in [3.63, 3.8) is 0 Å². The van der Waals surface area contributed by atoms with E-state index in [9.17, 15) is 9.59 Å². The fraction of sp³-hybridized carbons (Fsp3) is 0.200. The standard InChI is InChI=1S/C5H4N4O2/c10-3-1-6-5(11)4-8-7-2-9(3)4/h2H,1H2,(H,6,11). The quantitative estimate of drug-likeness (QED) is 0.499. The van der Waals surface area contributed by atoms with Crippen molar-refractivity contribution in [3.8, 4) is 0 Å². The normalized spacial score (nSPS) is 16.0. The SMILES string of the molecule is O=C1NCC(=O)n2cnnc21. The molecule has 0 unspecified atom stereocenters. The van der Waals surface area contributed by atoms with Crippen molar-refractivity contribution >= 4 is 11.8 Å². The summed E-state index contributed by atoms with van der Waals surface area (Å²) in [7, 11) is 0. The zero-order chi connectivity index (χ0) is 7.84. The summed E-state index contributed by atoms with van der Waals surface area (Å²) >= 11 is 0. The van der Waals surface area contributed by atoms with E-state index in [0.29, 0.717) is 0 Å². The number of hydrogen-bond donors (Lipinski definition) is 1. The Morgan fingerprint density at radius 2 is 2.36 bits per heavy atom. The second kappa shape index (κ2) is 1.88. The first-order valence-corrected chi connectivity index (χ1v) is 3.00. The number of hydrogen-bond acceptors (Lipinski definition) is 4. The van der Waals surface area contributed by atoms with E-state index >= 15 is 0 Å². The Hall–Kier alpha value is -1.72. The van der Waals surface area contributed by atoms with Crippen LogP contribution in [0, 0.1) is 0 Å². The molecule has 1 aromatic rings. The van der Waals surface area contributed by atoms with Gasteiger partial charge in [-0.05, 0) is 0 Å². The van der Waals surface area contributed by atoms with Gasteiger partial charge < -0.3 is 5.32 Å². The number of fused-ring (bicyclic) bond motifs is 1. The van der Waals surface area contributed by atoms with Crippen LogP contribution in [0.4, 0.5) is 0 Å². The molecule has 11 heavy (non-hydrogen) atoms. The minimum atomic E-state index is -0.359. The maximum atomic E-state index is 11.0. The van der Waals surface area contributed by atoms with E-state index in [2.05, 4.69) is 15.5 Å². The Morgan fingerprint density at radius 1 is 1.55 bits per heavy atom. The zero-order valence-electron chi connectivity index (χ0n) is 5.44. The summed E-state index contributed by atoms with van der Waals surface area (Å²) in [5.74, 6) is -0.520. The van der Waals surface area contributed by atoms with E-state index in [1.54, 1.807) is 0 Å². The van der Waals surface area contributed by atoms with Gasteiger partial charge >= 0.3 is 0 Å². The second-order valence-electron chi connectivity index (χ2n) is 2.10. The maximum absolute atomic E-state index is 11.0. The van der Waals surface area contributed by atoms with E-state index in [1.807, 2.05) is 0 Å². The Labute approximate surface area is 61.2 Å². The van der Waals surface area contributed by atoms with Crippen molar-refractivity contribution in [1.82, 2.24) is 20.1 Å². The van der Waals surface area contributed by atoms with Crippen molar-refractivity contribution in [2.45, 2.75) is 0 Å². The first-order chi connectivity index (χ1) is 5.29. The van der Waals surface area contributed by atoms with Gasteiger partial charge in [-0.2, -0.15) is 0 Å². The summed E-state index contributed by atoms with van der Waals surface area (Å²) in [4.78, 5) is 21.9. The molecule has 0 fully saturated rings. The van der Waals surface area contributed by atoms with Crippen molar-refractivity contribution in [2.24, 2.45) is 0 Å². The lowest BCUT2D eigenvalue weighted by atomic mass is 10.4. The predicted molar refractivity (Wildman–Crippen MR) is 33.0 cm³/mol. The van der Waals surface area contributed by atoms with Gasteiger partial charge in [-0.3, -0.25) is 9.59 Å². The first-order valence-electron chi connectivity index (χ1n) is 3.00. The minimum Gasteiger partial charge on any atom is -0.340 e. The number of nitrogens with zero attached hydrogens (tertiary/aromatic N) is 3. The highest BCUT2D eigenvalue weighted by molar-refractivity contribution is 6.00. The lowest BCUT2D eigenvalue weighted by Gasteiger charge is -2.10. The highest BCUT2D eigenvalue weighted by atomic mass is 16.2. The second-order valence-corrected chi connectivity index (χ2v) is 2.10. The highest BCUT2D eigenvalue weighted by Gasteiger charge is 2.23. The third-order valence-electron chi connectivity index (χ3n) is 1.42. The summed E-state index contributed by atoms with van der Waals surface area (Å²) in [6, 6.07) is 0. The number of nitrogens with one attached hydrogen (secondary N) is 1. The largest absolute Gasteiger partial charge is 0.340 e. The van der Waals surface area contributed by atoms with Gasteiger partial charge in [0.25, 0.3) is 11.8 Å². The van der Waals surface area contributed by atoms with Gasteiger partial charge in [0, 0.05) is 0 Å². The van der Waals surface area contributed by atoms with Crippen LogP contribution in [0.2, 0.25) is 0 Å². The molecule has 1 aromatic heterocycles. The molecule has 0 atom stereocenters. The lowest BCUT2D eigenvalue weighted by Crippen LogP contribution is -2.40. The summed E-state index contributed by atoms with van der Waals surface area (Å²) in [5.41, 5.74) is 0. The Balaban J connectivity index is 2.59. The molecule has 0 spiro atoms. The summed E-state index contributed by atoms with van der Waals surface area (Å²) in [6.07, 6.45) is 1.23. The first kappa shape index (κ1) is 6.02. The Morgan fingerprint density at radius 3 is 3.09 bits per heavy atom. The minimum absolute atomic E-state index is 0.0177. The van der Waals surface area contributed by atoms with Crippen LogP contribution in [0.5, 0.6) is 0 Å². The van der Waals surface area contributed by atoms with Gasteiger partial charge in [0.05, 0.1) is 6.54 Å². The van der Waals surface area contributed by atoms with Crippen LogP contribution >= 0.6 is 0 Å². The van der Waals surface area contributed by atoms with Gasteiger partial charge in [-0.15, -0.1) is 10.2 Å². The monoisotopic (exact) mass is 152 g/mol. The van der Waals surface area contributed by atoms with E-state index in [-0.39, 0.29) is 24.2 Å². The van der Waals surface area contributed by atoms with Gasteiger partial charge in [0.15, 0.2) is 0 Å². The molecule has 1 aliphatic heterocycles. The molecule has 2 rings (SSSR count). The maximum Gasteiger partial charge on any atom is 0.290 e. The fourth-order valence-electron chi connectivity index (χ4n) is 0.892. The van der Waals surface area contributed by atoms with Gasteiger partial charge in [-0.25, -0.2) is 4.57 Å². The molecular formula is C5H4N4O2. The molecule has 0 saturated heterocycles. The van der Waals surface area contributed by atoms with Crippen molar-refractivity contribution in [3.05, 3.63) is 12.2 Å². The molecule has 2 heterocycles. The molecule has 0 bridgehead atoms. The number of aromatic nitrogens is 3. The van der Waals surface area contributed by atoms with Gasteiger partial charge in [0.2, 0.25) is 5.82 Å². The van der Waals surface area contributed by atoms with Crippen molar-refractivity contribution in [2.75, 3.05) is 6.54 Å². The number of amides is 1. The van der Waals surface area contributed by atoms with Crippen molar-refractivity contribution in [1.29, 1.82) is 0 Å². The Bertz CT molecular complexity index is 298. The van der Waals surface area contributed by atoms with Crippen LogP contribution in [0.15, 0.2) is 6.33 Å². The lowest BCUT2D eigenvalue weighted by molar-refractivity contribution is 0.0805. The molecule has 1 N–H and O–H groups in total. The van der Waals surface area contributed by atoms with Crippen LogP contribution in [-0.4, -0.2) is 33.1 Å². The van der Waals surface area contributed by atoms with Crippen LogP contribution in [0.1, 0.15) is 15.4 Å². The van der Waals surface area contributed by atoms with E-state index in [1.165, 1.54) is 6.33 Å². The summed E-state index contributed by atoms with van der Waals surface area (Å²) < 4.78 is 1.14. The number of rotatable bonds is 0. The van der Waals surface area contributed by atoms with Crippen molar-refractivity contribution < 1.29 is 9.59 Å². The van der Waals surface area contributed by atoms with Gasteiger partial charge in [0.1, 0.15) is 6.33 Å². The smallest absolute Gasteiger partial charge is 0.290 e. The zero-order valence-corrected chi connectivity index (χ0v) is 5.44. The molecular weight excluding hydrogens is 148 g/mol. The van der Waals surface area contributed by atoms with Gasteiger partial charge in [-0.1, -0.05) is 0 Å². The van der Waals surface area contributed by atoms with Crippen LogP contribution in [-0.2, 0) is 0 Å². The fourth-order valence-corrected chi connectivity index (χ4v) is 0.892. The summed E-state index contributed by atoms with van der Waals surface area (Å²) in [6.45, 7) is 0.0177. The van der Waals surface area contributed by atoms with Crippen LogP contribution < -0.4 is 5.32 Å². The molecule has 0 saturated carbocycles. The molecule has 0 aliphatic carbocycles. The number of carbonyl (C=O) groups excluding carboxylic acids is 2. The molecule has 0 radical (unpaired) electrons. The predicted octanol–water partition coefficient (Wildman–Crippen LogP) is -1.34. The highest BCUT2D eigenvalue weighted by Crippen LogP contribution is 1.98. The topological polar surface area (TPSA) is 76.9 Å². The van der Waals surface area contributed by atoms with E-state index < -0.39 is 0 Å².